The summed E-state index contributed by atoms with van der Waals surface area (Å²) in [5.41, 5.74) is 5.97. The predicted molar refractivity (Wildman–Crippen MR) is 111 cm³/mol. The number of anilines is 1. The molecule has 0 spiro atoms. The lowest BCUT2D eigenvalue weighted by molar-refractivity contribution is -0.384. The zero-order chi connectivity index (χ0) is 19.7. The van der Waals surface area contributed by atoms with E-state index in [9.17, 15) is 14.9 Å². The quantitative estimate of drug-likeness (QED) is 0.310. The maximum Gasteiger partial charge on any atom is 0.269 e. The fourth-order valence-corrected chi connectivity index (χ4v) is 3.51. The van der Waals surface area contributed by atoms with E-state index in [2.05, 4.69) is 22.8 Å². The number of carbonyl (C=O) groups is 1. The first-order chi connectivity index (χ1) is 13.5. The lowest BCUT2D eigenvalue weighted by Crippen LogP contribution is -2.34. The van der Waals surface area contributed by atoms with E-state index in [1.54, 1.807) is 0 Å². The van der Waals surface area contributed by atoms with Gasteiger partial charge in [0.05, 0.1) is 4.92 Å². The molecule has 0 unspecified atom stereocenters. The normalized spacial score (nSPS) is 11.3. The van der Waals surface area contributed by atoms with E-state index in [1.807, 2.05) is 30.3 Å². The van der Waals surface area contributed by atoms with Crippen LogP contribution in [-0.4, -0.2) is 15.9 Å². The molecule has 0 radical (unpaired) electrons. The second kappa shape index (κ2) is 7.21. The molecular weight excluding hydrogens is 374 g/mol. The van der Waals surface area contributed by atoms with Crippen molar-refractivity contribution >= 4 is 34.6 Å². The third-order valence-corrected chi connectivity index (χ3v) is 4.82. The van der Waals surface area contributed by atoms with Gasteiger partial charge in [-0.2, -0.15) is 0 Å². The van der Waals surface area contributed by atoms with Crippen LogP contribution in [0.4, 0.5) is 11.4 Å². The number of hydrogen-bond acceptors (Lipinski definition) is 4. The molecule has 6 nitrogen and oxygen atoms in total. The number of nitro groups is 1. The van der Waals surface area contributed by atoms with Crippen LogP contribution in [0.1, 0.15) is 21.5 Å². The standard InChI is InChI=1S/C21H15N3O3S/c25-20(13-5-8-17(9-6-13)24(26)27)23-21(28)22-16-7-10-19-15(12-16)11-14-3-1-2-4-18(14)19/h1-10,12H,11H2,(H2,22,23,25,28). The van der Waals surface area contributed by atoms with Crippen molar-refractivity contribution < 1.29 is 9.72 Å². The Bertz CT molecular complexity index is 1110. The first kappa shape index (κ1) is 17.8. The van der Waals surface area contributed by atoms with E-state index in [0.29, 0.717) is 5.56 Å². The highest BCUT2D eigenvalue weighted by Crippen LogP contribution is 2.37. The third-order valence-electron chi connectivity index (χ3n) is 4.62. The fourth-order valence-electron chi connectivity index (χ4n) is 3.30. The lowest BCUT2D eigenvalue weighted by atomic mass is 10.1. The summed E-state index contributed by atoms with van der Waals surface area (Å²) in [6.07, 6.45) is 0.864. The van der Waals surface area contributed by atoms with Gasteiger partial charge in [-0.1, -0.05) is 30.3 Å². The summed E-state index contributed by atoms with van der Waals surface area (Å²) in [5.74, 6) is -0.430. The maximum atomic E-state index is 12.3. The van der Waals surface area contributed by atoms with Crippen molar-refractivity contribution in [2.24, 2.45) is 0 Å². The number of nitrogens with zero attached hydrogens (tertiary/aromatic N) is 1. The summed E-state index contributed by atoms with van der Waals surface area (Å²) < 4.78 is 0. The second-order valence-corrected chi connectivity index (χ2v) is 6.83. The molecule has 4 rings (SSSR count). The Morgan fingerprint density at radius 2 is 1.68 bits per heavy atom. The maximum absolute atomic E-state index is 12.3. The summed E-state index contributed by atoms with van der Waals surface area (Å²) in [6.45, 7) is 0. The number of thiocarbonyl (C=S) groups is 1. The molecular formula is C21H15N3O3S. The number of hydrogen-bond donors (Lipinski definition) is 2. The molecule has 7 heteroatoms. The summed E-state index contributed by atoms with van der Waals surface area (Å²) >= 11 is 5.23. The van der Waals surface area contributed by atoms with Crippen LogP contribution in [0.15, 0.2) is 66.7 Å². The Balaban J connectivity index is 1.42. The molecule has 1 aliphatic carbocycles. The summed E-state index contributed by atoms with van der Waals surface area (Å²) in [7, 11) is 0. The Hall–Kier alpha value is -3.58. The van der Waals surface area contributed by atoms with Gasteiger partial charge in [0.25, 0.3) is 11.6 Å². The molecule has 3 aromatic rings. The molecule has 0 heterocycles. The van der Waals surface area contributed by atoms with Gasteiger partial charge in [0.15, 0.2) is 5.11 Å². The number of benzene rings is 3. The van der Waals surface area contributed by atoms with Crippen molar-refractivity contribution in [1.82, 2.24) is 5.32 Å². The predicted octanol–water partition coefficient (Wildman–Crippen LogP) is 4.29. The Morgan fingerprint density at radius 1 is 0.964 bits per heavy atom. The molecule has 3 aromatic carbocycles. The molecule has 0 fully saturated rings. The van der Waals surface area contributed by atoms with E-state index in [0.717, 1.165) is 12.1 Å². The van der Waals surface area contributed by atoms with Gasteiger partial charge in [0, 0.05) is 23.4 Å². The van der Waals surface area contributed by atoms with Crippen molar-refractivity contribution in [2.45, 2.75) is 6.42 Å². The van der Waals surface area contributed by atoms with Gasteiger partial charge >= 0.3 is 0 Å². The second-order valence-electron chi connectivity index (χ2n) is 6.42. The zero-order valence-electron chi connectivity index (χ0n) is 14.6. The minimum atomic E-state index is -0.514. The summed E-state index contributed by atoms with van der Waals surface area (Å²) in [6, 6.07) is 19.6. The smallest absolute Gasteiger partial charge is 0.269 e. The van der Waals surface area contributed by atoms with Gasteiger partial charge in [-0.15, -0.1) is 0 Å². The van der Waals surface area contributed by atoms with Crippen LogP contribution < -0.4 is 10.6 Å². The molecule has 0 atom stereocenters. The Labute approximate surface area is 166 Å². The largest absolute Gasteiger partial charge is 0.332 e. The number of nitrogens with one attached hydrogen (secondary N) is 2. The Kier molecular flexibility index (Phi) is 4.58. The van der Waals surface area contributed by atoms with Gasteiger partial charge in [0.1, 0.15) is 0 Å². The van der Waals surface area contributed by atoms with Crippen LogP contribution >= 0.6 is 12.2 Å². The van der Waals surface area contributed by atoms with Crippen LogP contribution in [0.25, 0.3) is 11.1 Å². The monoisotopic (exact) mass is 389 g/mol. The van der Waals surface area contributed by atoms with Crippen molar-refractivity contribution in [2.75, 3.05) is 5.32 Å². The van der Waals surface area contributed by atoms with Gasteiger partial charge in [-0.05, 0) is 65.2 Å². The molecule has 1 amide bonds. The van der Waals surface area contributed by atoms with Gasteiger partial charge < -0.3 is 5.32 Å². The molecule has 0 aromatic heterocycles. The number of amides is 1. The van der Waals surface area contributed by atoms with Crippen molar-refractivity contribution in [1.29, 1.82) is 0 Å². The first-order valence-electron chi connectivity index (χ1n) is 8.59. The van der Waals surface area contributed by atoms with Crippen molar-refractivity contribution in [3.63, 3.8) is 0 Å². The fraction of sp³-hybridized carbons (Fsp3) is 0.0476. The zero-order valence-corrected chi connectivity index (χ0v) is 15.5. The van der Waals surface area contributed by atoms with Crippen LogP contribution in [0.2, 0.25) is 0 Å². The molecule has 138 valence electrons. The topological polar surface area (TPSA) is 84.3 Å². The molecule has 2 N–H and O–H groups in total. The van der Waals surface area contributed by atoms with E-state index in [-0.39, 0.29) is 10.8 Å². The highest BCUT2D eigenvalue weighted by Gasteiger charge is 2.18. The van der Waals surface area contributed by atoms with Gasteiger partial charge in [-0.25, -0.2) is 0 Å². The minimum Gasteiger partial charge on any atom is -0.332 e. The SMILES string of the molecule is O=C(NC(=S)Nc1ccc2c(c1)Cc1ccccc1-2)c1ccc([N+](=O)[O-])cc1. The van der Waals surface area contributed by atoms with Crippen molar-refractivity contribution in [3.8, 4) is 11.1 Å². The number of non-ortho nitro benzene ring substituents is 1. The molecule has 0 saturated carbocycles. The molecule has 1 aliphatic rings. The van der Waals surface area contributed by atoms with E-state index >= 15 is 0 Å². The van der Waals surface area contributed by atoms with Crippen LogP contribution in [0, 0.1) is 10.1 Å². The number of carbonyl (C=O) groups excluding carboxylic acids is 1. The van der Waals surface area contributed by atoms with Crippen LogP contribution in [-0.2, 0) is 6.42 Å². The minimum absolute atomic E-state index is 0.0728. The number of rotatable bonds is 3. The molecule has 0 saturated heterocycles. The average Bonchev–Trinajstić information content (AvgIpc) is 3.05. The van der Waals surface area contributed by atoms with Gasteiger partial charge in [0.2, 0.25) is 0 Å². The summed E-state index contributed by atoms with van der Waals surface area (Å²) in [5, 5.41) is 16.5. The lowest BCUT2D eigenvalue weighted by Gasteiger charge is -2.11. The molecule has 0 bridgehead atoms. The van der Waals surface area contributed by atoms with E-state index in [1.165, 1.54) is 46.5 Å². The highest BCUT2D eigenvalue weighted by atomic mass is 32.1. The molecule has 0 aliphatic heterocycles. The number of fused-ring (bicyclic) bond motifs is 3. The highest BCUT2D eigenvalue weighted by molar-refractivity contribution is 7.80. The third kappa shape index (κ3) is 3.47. The summed E-state index contributed by atoms with van der Waals surface area (Å²) in [4.78, 5) is 22.4. The van der Waals surface area contributed by atoms with E-state index < -0.39 is 10.8 Å². The molecule has 28 heavy (non-hydrogen) atoms. The average molecular weight is 389 g/mol. The van der Waals surface area contributed by atoms with Gasteiger partial charge in [-0.3, -0.25) is 20.2 Å². The number of nitro benzene ring substituents is 1. The van der Waals surface area contributed by atoms with E-state index in [4.69, 9.17) is 12.2 Å². The van der Waals surface area contributed by atoms with Crippen molar-refractivity contribution in [3.05, 3.63) is 93.5 Å². The van der Waals surface area contributed by atoms with Crippen LogP contribution in [0.5, 0.6) is 0 Å². The Morgan fingerprint density at radius 3 is 2.43 bits per heavy atom. The first-order valence-corrected chi connectivity index (χ1v) is 9.00. The van der Waals surface area contributed by atoms with Crippen LogP contribution in [0.3, 0.4) is 0 Å².